The van der Waals surface area contributed by atoms with Crippen LogP contribution in [0.2, 0.25) is 0 Å². The van der Waals surface area contributed by atoms with Crippen LogP contribution in [-0.4, -0.2) is 39.0 Å². The fraction of sp³-hybridized carbons (Fsp3) is 0.320. The second-order valence-corrected chi connectivity index (χ2v) is 10.6. The number of hydrogen-bond acceptors (Lipinski definition) is 6. The molecule has 1 fully saturated rings. The van der Waals surface area contributed by atoms with Gasteiger partial charge >= 0.3 is 0 Å². The lowest BCUT2D eigenvalue weighted by Gasteiger charge is -2.25. The number of ether oxygens (including phenoxy) is 1. The molecular weight excluding hydrogens is 441 g/mol. The predicted octanol–water partition coefficient (Wildman–Crippen LogP) is 5.09. The van der Waals surface area contributed by atoms with Gasteiger partial charge in [-0.3, -0.25) is 4.99 Å². The summed E-state index contributed by atoms with van der Waals surface area (Å²) in [7, 11) is -1.96. The zero-order chi connectivity index (χ0) is 23.2. The number of nitrogens with zero attached hydrogens (tertiary/aromatic N) is 3. The Bertz CT molecular complexity index is 1350. The van der Waals surface area contributed by atoms with E-state index in [4.69, 9.17) is 4.74 Å². The Morgan fingerprint density at radius 3 is 2.58 bits per heavy atom. The van der Waals surface area contributed by atoms with Crippen molar-refractivity contribution < 1.29 is 17.5 Å². The zero-order valence-electron chi connectivity index (χ0n) is 18.5. The minimum Gasteiger partial charge on any atom is -0.496 e. The number of hydrogen-bond donors (Lipinski definition) is 0. The molecule has 2 aliphatic heterocycles. The fourth-order valence-corrected chi connectivity index (χ4v) is 6.23. The van der Waals surface area contributed by atoms with Gasteiger partial charge in [0.2, 0.25) is 0 Å². The minimum absolute atomic E-state index is 0.108. The van der Waals surface area contributed by atoms with Gasteiger partial charge < -0.3 is 4.74 Å². The summed E-state index contributed by atoms with van der Waals surface area (Å²) in [4.78, 5) is 13.6. The first-order chi connectivity index (χ1) is 15.9. The van der Waals surface area contributed by atoms with Crippen molar-refractivity contribution in [1.29, 1.82) is 0 Å². The molecule has 5 rings (SSSR count). The van der Waals surface area contributed by atoms with Gasteiger partial charge in [-0.1, -0.05) is 13.3 Å². The second kappa shape index (κ2) is 8.33. The summed E-state index contributed by atoms with van der Waals surface area (Å²) in [5.41, 5.74) is 3.69. The van der Waals surface area contributed by atoms with E-state index < -0.39 is 15.7 Å². The van der Waals surface area contributed by atoms with Gasteiger partial charge in [0, 0.05) is 28.8 Å². The molecule has 2 aromatic carbocycles. The summed E-state index contributed by atoms with van der Waals surface area (Å²) in [6.45, 7) is 2.07. The zero-order valence-corrected chi connectivity index (χ0v) is 19.3. The first-order valence-electron chi connectivity index (χ1n) is 11.0. The van der Waals surface area contributed by atoms with E-state index in [0.717, 1.165) is 18.6 Å². The van der Waals surface area contributed by atoms with Crippen LogP contribution in [-0.2, 0) is 9.84 Å². The van der Waals surface area contributed by atoms with Crippen LogP contribution in [0.15, 0.2) is 62.0 Å². The van der Waals surface area contributed by atoms with E-state index in [1.165, 1.54) is 31.6 Å². The quantitative estimate of drug-likeness (QED) is 0.596. The van der Waals surface area contributed by atoms with E-state index in [0.29, 0.717) is 46.7 Å². The van der Waals surface area contributed by atoms with Gasteiger partial charge in [0.25, 0.3) is 0 Å². The molecule has 1 saturated carbocycles. The van der Waals surface area contributed by atoms with Crippen molar-refractivity contribution in [2.45, 2.75) is 42.8 Å². The van der Waals surface area contributed by atoms with Crippen molar-refractivity contribution in [2.75, 3.05) is 7.11 Å². The summed E-state index contributed by atoms with van der Waals surface area (Å²) in [5.74, 6) is -0.0212. The highest BCUT2D eigenvalue weighted by Gasteiger charge is 2.33. The van der Waals surface area contributed by atoms with Crippen LogP contribution in [0, 0.1) is 11.7 Å². The number of methoxy groups -OCH3 is 1. The monoisotopic (exact) mass is 465 g/mol. The van der Waals surface area contributed by atoms with E-state index in [-0.39, 0.29) is 16.1 Å². The van der Waals surface area contributed by atoms with E-state index in [2.05, 4.69) is 21.9 Å². The van der Waals surface area contributed by atoms with Crippen LogP contribution in [0.1, 0.15) is 38.2 Å². The lowest BCUT2D eigenvalue weighted by Crippen LogP contribution is -2.28. The number of rotatable bonds is 6. The molecule has 0 bridgehead atoms. The number of allylic oxidation sites excluding steroid dienone is 1. The largest absolute Gasteiger partial charge is 0.496 e. The SMILES string of the molecule is CCC1C=NC(c2ccc(F)c(-c3ccc(S(=O)(=O)C4CCC4)cc3OC)c2)=C2N=CN=C21. The number of fused-ring (bicyclic) bond motifs is 1. The molecule has 0 spiro atoms. The average molecular weight is 466 g/mol. The van der Waals surface area contributed by atoms with Crippen molar-refractivity contribution in [3.05, 3.63) is 53.5 Å². The molecule has 1 atom stereocenters. The maximum atomic E-state index is 15.0. The maximum absolute atomic E-state index is 15.0. The first-order valence-corrected chi connectivity index (χ1v) is 12.6. The summed E-state index contributed by atoms with van der Waals surface area (Å²) < 4.78 is 46.1. The molecule has 2 heterocycles. The van der Waals surface area contributed by atoms with Crippen molar-refractivity contribution >= 4 is 33.8 Å². The molecule has 3 aliphatic rings. The van der Waals surface area contributed by atoms with Crippen LogP contribution in [0.5, 0.6) is 5.75 Å². The molecule has 6 nitrogen and oxygen atoms in total. The highest BCUT2D eigenvalue weighted by atomic mass is 32.2. The Kier molecular flexibility index (Phi) is 5.48. The summed E-state index contributed by atoms with van der Waals surface area (Å²) in [5, 5.41) is -0.347. The van der Waals surface area contributed by atoms with Gasteiger partial charge in [-0.05, 0) is 55.7 Å². The summed E-state index contributed by atoms with van der Waals surface area (Å²) in [6.07, 6.45) is 6.52. The van der Waals surface area contributed by atoms with Crippen molar-refractivity contribution in [3.63, 3.8) is 0 Å². The molecule has 0 saturated heterocycles. The van der Waals surface area contributed by atoms with E-state index in [9.17, 15) is 12.8 Å². The third-order valence-corrected chi connectivity index (χ3v) is 8.81. The highest BCUT2D eigenvalue weighted by Crippen LogP contribution is 2.39. The fourth-order valence-electron chi connectivity index (χ4n) is 4.36. The molecule has 1 aliphatic carbocycles. The van der Waals surface area contributed by atoms with E-state index in [1.807, 2.05) is 6.21 Å². The Morgan fingerprint density at radius 2 is 1.88 bits per heavy atom. The van der Waals surface area contributed by atoms with Gasteiger partial charge in [0.05, 0.1) is 28.7 Å². The minimum atomic E-state index is -3.42. The van der Waals surface area contributed by atoms with E-state index >= 15 is 0 Å². The first kappa shape index (κ1) is 21.7. The molecule has 1 unspecified atom stereocenters. The van der Waals surface area contributed by atoms with Gasteiger partial charge in [0.15, 0.2) is 9.84 Å². The number of halogens is 1. The Balaban J connectivity index is 1.58. The third-order valence-electron chi connectivity index (χ3n) is 6.55. The number of sulfone groups is 1. The van der Waals surface area contributed by atoms with Gasteiger partial charge in [-0.15, -0.1) is 0 Å². The van der Waals surface area contributed by atoms with Gasteiger partial charge in [0.1, 0.15) is 23.6 Å². The lowest BCUT2D eigenvalue weighted by atomic mass is 9.93. The lowest BCUT2D eigenvalue weighted by molar-refractivity contribution is 0.414. The molecule has 0 N–H and O–H groups in total. The smallest absolute Gasteiger partial charge is 0.181 e. The summed E-state index contributed by atoms with van der Waals surface area (Å²) >= 11 is 0. The molecule has 0 radical (unpaired) electrons. The molecule has 2 aromatic rings. The van der Waals surface area contributed by atoms with Crippen LogP contribution >= 0.6 is 0 Å². The highest BCUT2D eigenvalue weighted by molar-refractivity contribution is 7.92. The summed E-state index contributed by atoms with van der Waals surface area (Å²) in [6, 6.07) is 9.39. The van der Waals surface area contributed by atoms with Crippen molar-refractivity contribution in [3.8, 4) is 16.9 Å². The predicted molar refractivity (Wildman–Crippen MR) is 128 cm³/mol. The van der Waals surface area contributed by atoms with E-state index in [1.54, 1.807) is 18.2 Å². The third kappa shape index (κ3) is 3.62. The Hall–Kier alpha value is -3.13. The van der Waals surface area contributed by atoms with Crippen molar-refractivity contribution in [2.24, 2.45) is 20.9 Å². The van der Waals surface area contributed by atoms with Gasteiger partial charge in [-0.25, -0.2) is 22.8 Å². The molecule has 0 amide bonds. The second-order valence-electron chi connectivity index (χ2n) is 8.40. The molecular formula is C25H24FN3O3S. The molecule has 0 aromatic heterocycles. The Morgan fingerprint density at radius 1 is 1.06 bits per heavy atom. The average Bonchev–Trinajstić information content (AvgIpc) is 3.27. The topological polar surface area (TPSA) is 80.5 Å². The molecule has 170 valence electrons. The van der Waals surface area contributed by atoms with Crippen LogP contribution in [0.4, 0.5) is 4.39 Å². The number of aliphatic imine (C=N–C) groups is 3. The van der Waals surface area contributed by atoms with Gasteiger partial charge in [-0.2, -0.15) is 0 Å². The number of benzene rings is 2. The Labute approximate surface area is 192 Å². The van der Waals surface area contributed by atoms with Crippen LogP contribution in [0.25, 0.3) is 16.8 Å². The van der Waals surface area contributed by atoms with Crippen LogP contribution < -0.4 is 4.74 Å². The van der Waals surface area contributed by atoms with Crippen LogP contribution in [0.3, 0.4) is 0 Å². The maximum Gasteiger partial charge on any atom is 0.181 e. The normalized spacial score (nSPS) is 20.0. The molecule has 33 heavy (non-hydrogen) atoms. The standard InChI is InChI=1S/C25H24FN3O3S/c1-3-15-13-27-24(25-23(15)28-14-29-25)16-7-10-21(26)20(11-16)19-9-8-18(12-22(19)32-2)33(30,31)17-5-4-6-17/h7-15,17H,3-6H2,1-2H3. The molecule has 8 heteroatoms. The van der Waals surface area contributed by atoms with Crippen molar-refractivity contribution in [1.82, 2.24) is 0 Å².